The number of pyridine rings is 1. The molecule has 0 aliphatic heterocycles. The summed E-state index contributed by atoms with van der Waals surface area (Å²) in [5, 5.41) is 14.1. The standard InChI is InChI=1S/C28H24N4O8S/c1-38-23-16-18(41-3)12-13-21(23)31(27(34)22-14-15-24(40-22)32(36)37)25(26(33)29-17-8-5-4-6-9-17)19-10-7-11-20(30-19)28(35)39-2/h4-16,25H,1-3H3,(H,29,33). The number of nitrogens with zero attached hydrogens (tertiary/aromatic N) is 3. The minimum atomic E-state index is -1.51. The van der Waals surface area contributed by atoms with E-state index in [1.165, 1.54) is 44.2 Å². The lowest BCUT2D eigenvalue weighted by atomic mass is 10.1. The van der Waals surface area contributed by atoms with Crippen LogP contribution in [0.4, 0.5) is 17.3 Å². The van der Waals surface area contributed by atoms with Crippen LogP contribution in [0, 0.1) is 10.1 Å². The summed E-state index contributed by atoms with van der Waals surface area (Å²) in [6.07, 6.45) is 1.86. The number of benzene rings is 2. The second-order valence-electron chi connectivity index (χ2n) is 8.31. The summed E-state index contributed by atoms with van der Waals surface area (Å²) in [4.78, 5) is 57.1. The van der Waals surface area contributed by atoms with E-state index in [-0.39, 0.29) is 22.8 Å². The van der Waals surface area contributed by atoms with Gasteiger partial charge >= 0.3 is 11.9 Å². The van der Waals surface area contributed by atoms with Crippen molar-refractivity contribution in [1.29, 1.82) is 0 Å². The van der Waals surface area contributed by atoms with E-state index < -0.39 is 40.4 Å². The molecule has 0 fully saturated rings. The Balaban J connectivity index is 1.96. The highest BCUT2D eigenvalue weighted by atomic mass is 32.2. The molecule has 0 saturated carbocycles. The lowest BCUT2D eigenvalue weighted by molar-refractivity contribution is -0.402. The van der Waals surface area contributed by atoms with E-state index in [1.807, 2.05) is 6.26 Å². The number of anilines is 2. The Kier molecular flexibility index (Phi) is 8.99. The molecule has 210 valence electrons. The number of nitrogens with one attached hydrogen (secondary N) is 1. The molecule has 0 aliphatic carbocycles. The lowest BCUT2D eigenvalue weighted by Gasteiger charge is -2.31. The van der Waals surface area contributed by atoms with Crippen molar-refractivity contribution in [2.75, 3.05) is 30.7 Å². The van der Waals surface area contributed by atoms with Gasteiger partial charge in [-0.05, 0) is 54.8 Å². The van der Waals surface area contributed by atoms with E-state index in [9.17, 15) is 24.5 Å². The number of para-hydroxylation sites is 1. The normalized spacial score (nSPS) is 11.3. The monoisotopic (exact) mass is 576 g/mol. The number of rotatable bonds is 10. The number of furan rings is 1. The molecular weight excluding hydrogens is 552 g/mol. The highest BCUT2D eigenvalue weighted by Gasteiger charge is 2.38. The summed E-state index contributed by atoms with van der Waals surface area (Å²) in [5.41, 5.74) is 0.477. The molecule has 0 saturated heterocycles. The molecular formula is C28H24N4O8S. The summed E-state index contributed by atoms with van der Waals surface area (Å²) < 4.78 is 15.6. The van der Waals surface area contributed by atoms with Gasteiger partial charge in [0.15, 0.2) is 11.8 Å². The molecule has 1 unspecified atom stereocenters. The Morgan fingerprint density at radius 2 is 1.78 bits per heavy atom. The molecule has 41 heavy (non-hydrogen) atoms. The first-order valence-electron chi connectivity index (χ1n) is 12.0. The predicted octanol–water partition coefficient (Wildman–Crippen LogP) is 5.13. The van der Waals surface area contributed by atoms with Crippen LogP contribution in [0.1, 0.15) is 32.8 Å². The molecule has 12 nitrogen and oxygen atoms in total. The first kappa shape index (κ1) is 28.8. The quantitative estimate of drug-likeness (QED) is 0.116. The Labute approximate surface area is 238 Å². The van der Waals surface area contributed by atoms with Crippen LogP contribution in [0.15, 0.2) is 88.2 Å². The van der Waals surface area contributed by atoms with E-state index in [2.05, 4.69) is 10.3 Å². The highest BCUT2D eigenvalue weighted by molar-refractivity contribution is 7.98. The minimum Gasteiger partial charge on any atom is -0.495 e. The molecule has 4 rings (SSSR count). The zero-order chi connectivity index (χ0) is 29.5. The van der Waals surface area contributed by atoms with E-state index in [0.29, 0.717) is 5.69 Å². The van der Waals surface area contributed by atoms with Gasteiger partial charge in [-0.25, -0.2) is 9.78 Å². The third kappa shape index (κ3) is 6.36. The first-order chi connectivity index (χ1) is 19.8. The summed E-state index contributed by atoms with van der Waals surface area (Å²) in [6, 6.07) is 18.5. The minimum absolute atomic E-state index is 0.00623. The largest absolute Gasteiger partial charge is 0.495 e. The van der Waals surface area contributed by atoms with Gasteiger partial charge in [0, 0.05) is 10.6 Å². The summed E-state index contributed by atoms with van der Waals surface area (Å²) in [5.74, 6) is -3.19. The van der Waals surface area contributed by atoms with E-state index in [1.54, 1.807) is 48.5 Å². The highest BCUT2D eigenvalue weighted by Crippen LogP contribution is 2.39. The Bertz CT molecular complexity index is 1590. The van der Waals surface area contributed by atoms with Crippen molar-refractivity contribution < 1.29 is 33.2 Å². The van der Waals surface area contributed by atoms with E-state index in [0.717, 1.165) is 21.9 Å². The molecule has 4 aromatic rings. The average molecular weight is 577 g/mol. The molecule has 0 radical (unpaired) electrons. The summed E-state index contributed by atoms with van der Waals surface area (Å²) >= 11 is 1.43. The number of hydrogen-bond donors (Lipinski definition) is 1. The summed E-state index contributed by atoms with van der Waals surface area (Å²) in [7, 11) is 2.59. The van der Waals surface area contributed by atoms with Crippen molar-refractivity contribution in [3.05, 3.63) is 106 Å². The van der Waals surface area contributed by atoms with Gasteiger partial charge in [-0.3, -0.25) is 24.6 Å². The molecule has 0 bridgehead atoms. The number of esters is 1. The topological polar surface area (TPSA) is 154 Å². The SMILES string of the molecule is COC(=O)c1cccc(C(C(=O)Nc2ccccc2)N(C(=O)c2ccc([N+](=O)[O-])o2)c2ccc(SC)cc2OC)n1. The fraction of sp³-hybridized carbons (Fsp3) is 0.143. The van der Waals surface area contributed by atoms with Gasteiger partial charge in [0.25, 0.3) is 11.8 Å². The fourth-order valence-electron chi connectivity index (χ4n) is 3.95. The average Bonchev–Trinajstić information content (AvgIpc) is 3.50. The molecule has 2 aromatic heterocycles. The van der Waals surface area contributed by atoms with Crippen molar-refractivity contribution in [3.63, 3.8) is 0 Å². The Hall–Kier alpha value is -5.17. The number of carbonyl (C=O) groups excluding carboxylic acids is 3. The molecule has 2 aromatic carbocycles. The number of carbonyl (C=O) groups is 3. The van der Waals surface area contributed by atoms with E-state index in [4.69, 9.17) is 13.9 Å². The lowest BCUT2D eigenvalue weighted by Crippen LogP contribution is -2.42. The number of methoxy groups -OCH3 is 2. The third-order valence-electron chi connectivity index (χ3n) is 5.84. The molecule has 0 spiro atoms. The van der Waals surface area contributed by atoms with Crippen LogP contribution in [-0.4, -0.2) is 48.2 Å². The number of thioether (sulfide) groups is 1. The Morgan fingerprint density at radius 3 is 2.41 bits per heavy atom. The van der Waals surface area contributed by atoms with Crippen LogP contribution in [-0.2, 0) is 9.53 Å². The van der Waals surface area contributed by atoms with Crippen LogP contribution >= 0.6 is 11.8 Å². The van der Waals surface area contributed by atoms with Crippen molar-refractivity contribution in [1.82, 2.24) is 4.98 Å². The maximum absolute atomic E-state index is 14.1. The van der Waals surface area contributed by atoms with Crippen LogP contribution in [0.2, 0.25) is 0 Å². The number of aromatic nitrogens is 1. The van der Waals surface area contributed by atoms with Crippen molar-refractivity contribution in [2.45, 2.75) is 10.9 Å². The third-order valence-corrected chi connectivity index (χ3v) is 6.57. The smallest absolute Gasteiger partial charge is 0.433 e. The molecule has 2 amide bonds. The van der Waals surface area contributed by atoms with Gasteiger partial charge in [0.05, 0.1) is 31.7 Å². The molecule has 2 heterocycles. The van der Waals surface area contributed by atoms with Crippen LogP contribution < -0.4 is 15.0 Å². The fourth-order valence-corrected chi connectivity index (χ4v) is 4.38. The van der Waals surface area contributed by atoms with Crippen molar-refractivity contribution in [3.8, 4) is 5.75 Å². The van der Waals surface area contributed by atoms with Gasteiger partial charge in [-0.2, -0.15) is 0 Å². The van der Waals surface area contributed by atoms with Crippen LogP contribution in [0.25, 0.3) is 0 Å². The van der Waals surface area contributed by atoms with Crippen LogP contribution in [0.3, 0.4) is 0 Å². The van der Waals surface area contributed by atoms with Gasteiger partial charge in [0.1, 0.15) is 16.4 Å². The Morgan fingerprint density at radius 1 is 1.02 bits per heavy atom. The number of hydrogen-bond acceptors (Lipinski definition) is 10. The number of ether oxygens (including phenoxy) is 2. The maximum Gasteiger partial charge on any atom is 0.433 e. The molecule has 1 atom stereocenters. The summed E-state index contributed by atoms with van der Waals surface area (Å²) in [6.45, 7) is 0. The maximum atomic E-state index is 14.1. The number of amides is 2. The zero-order valence-corrected chi connectivity index (χ0v) is 22.9. The molecule has 1 N–H and O–H groups in total. The molecule has 0 aliphatic rings. The number of nitro groups is 1. The van der Waals surface area contributed by atoms with E-state index >= 15 is 0 Å². The second-order valence-corrected chi connectivity index (χ2v) is 9.18. The van der Waals surface area contributed by atoms with Crippen LogP contribution in [0.5, 0.6) is 5.75 Å². The van der Waals surface area contributed by atoms with Crippen molar-refractivity contribution >= 4 is 46.8 Å². The zero-order valence-electron chi connectivity index (χ0n) is 22.1. The van der Waals surface area contributed by atoms with Gasteiger partial charge < -0.3 is 19.2 Å². The van der Waals surface area contributed by atoms with Gasteiger partial charge in [-0.1, -0.05) is 24.3 Å². The predicted molar refractivity (Wildman–Crippen MR) is 150 cm³/mol. The molecule has 13 heteroatoms. The van der Waals surface area contributed by atoms with Crippen molar-refractivity contribution in [2.24, 2.45) is 0 Å². The van der Waals surface area contributed by atoms with Gasteiger partial charge in [0.2, 0.25) is 0 Å². The first-order valence-corrected chi connectivity index (χ1v) is 13.2. The van der Waals surface area contributed by atoms with Gasteiger partial charge in [-0.15, -0.1) is 11.8 Å². The second kappa shape index (κ2) is 12.8.